The van der Waals surface area contributed by atoms with Crippen molar-refractivity contribution in [1.29, 1.82) is 0 Å². The third kappa shape index (κ3) is 4.75. The van der Waals surface area contributed by atoms with Gasteiger partial charge in [0.2, 0.25) is 5.03 Å². The molecule has 0 unspecified atom stereocenters. The fourth-order valence-electron chi connectivity index (χ4n) is 2.72. The highest BCUT2D eigenvalue weighted by atomic mass is 32.2. The fraction of sp³-hybridized carbons (Fsp3) is 0.389. The predicted octanol–water partition coefficient (Wildman–Crippen LogP) is 3.41. The molecular weight excluding hydrogens is 385 g/mol. The Morgan fingerprint density at radius 3 is 2.18 bits per heavy atom. The molecule has 0 fully saturated rings. The standard InChI is InChI=1S/C18H24FN5O3S/c1-10(2)13-8-12(19)9-14(11(3)4)16(13)22-18(25)24-28(26,27)17-15(20-5)6-7-21-23-17/h6-11H,1-5H3,(H,20,21)(H2,22,24,25). The van der Waals surface area contributed by atoms with Crippen LogP contribution in [-0.2, 0) is 10.0 Å². The quantitative estimate of drug-likeness (QED) is 0.674. The van der Waals surface area contributed by atoms with Gasteiger partial charge in [-0.25, -0.2) is 13.9 Å². The van der Waals surface area contributed by atoms with Crippen LogP contribution in [0.2, 0.25) is 0 Å². The maximum atomic E-state index is 14.0. The molecule has 1 heterocycles. The minimum absolute atomic E-state index is 0.0870. The molecule has 0 spiro atoms. The molecule has 2 rings (SSSR count). The highest BCUT2D eigenvalue weighted by Crippen LogP contribution is 2.33. The van der Waals surface area contributed by atoms with Gasteiger partial charge in [0.15, 0.2) is 0 Å². The number of halogens is 1. The van der Waals surface area contributed by atoms with Gasteiger partial charge in [0.25, 0.3) is 10.0 Å². The van der Waals surface area contributed by atoms with E-state index in [1.54, 1.807) is 0 Å². The first-order valence-electron chi connectivity index (χ1n) is 8.73. The highest BCUT2D eigenvalue weighted by Gasteiger charge is 2.25. The minimum Gasteiger partial charge on any atom is -0.386 e. The summed E-state index contributed by atoms with van der Waals surface area (Å²) in [7, 11) is -2.74. The van der Waals surface area contributed by atoms with Crippen LogP contribution in [0.25, 0.3) is 0 Å². The highest BCUT2D eigenvalue weighted by molar-refractivity contribution is 7.90. The number of nitrogens with one attached hydrogen (secondary N) is 3. The third-order valence-electron chi connectivity index (χ3n) is 4.08. The Hall–Kier alpha value is -2.75. The van der Waals surface area contributed by atoms with Gasteiger partial charge in [-0.05, 0) is 41.2 Å². The van der Waals surface area contributed by atoms with Gasteiger partial charge < -0.3 is 10.6 Å². The van der Waals surface area contributed by atoms with Crippen molar-refractivity contribution in [2.24, 2.45) is 0 Å². The van der Waals surface area contributed by atoms with Crippen molar-refractivity contribution in [3.8, 4) is 0 Å². The molecule has 2 amide bonds. The molecule has 0 aliphatic rings. The molecule has 1 aromatic carbocycles. The summed E-state index contributed by atoms with van der Waals surface area (Å²) < 4.78 is 41.0. The predicted molar refractivity (Wildman–Crippen MR) is 105 cm³/mol. The number of urea groups is 1. The molecule has 8 nitrogen and oxygen atoms in total. The van der Waals surface area contributed by atoms with Crippen molar-refractivity contribution in [2.75, 3.05) is 17.7 Å². The summed E-state index contributed by atoms with van der Waals surface area (Å²) in [5.74, 6) is -0.587. The molecule has 2 aromatic rings. The van der Waals surface area contributed by atoms with Gasteiger partial charge in [0, 0.05) is 12.7 Å². The summed E-state index contributed by atoms with van der Waals surface area (Å²) in [5, 5.41) is 12.0. The molecule has 0 aliphatic carbocycles. The summed E-state index contributed by atoms with van der Waals surface area (Å²) in [4.78, 5) is 12.5. The average molecular weight is 409 g/mol. The molecule has 152 valence electrons. The molecule has 10 heteroatoms. The number of aromatic nitrogens is 2. The fourth-order valence-corrected chi connectivity index (χ4v) is 3.73. The van der Waals surface area contributed by atoms with Crippen molar-refractivity contribution in [2.45, 2.75) is 44.6 Å². The second-order valence-electron chi connectivity index (χ2n) is 6.83. The van der Waals surface area contributed by atoms with Crippen LogP contribution in [0, 0.1) is 5.82 Å². The first-order chi connectivity index (χ1) is 13.1. The number of carbonyl (C=O) groups is 1. The second-order valence-corrected chi connectivity index (χ2v) is 8.43. The normalized spacial score (nSPS) is 11.6. The lowest BCUT2D eigenvalue weighted by molar-refractivity contribution is 0.256. The van der Waals surface area contributed by atoms with E-state index in [4.69, 9.17) is 0 Å². The van der Waals surface area contributed by atoms with Gasteiger partial charge in [-0.3, -0.25) is 0 Å². The summed E-state index contributed by atoms with van der Waals surface area (Å²) in [5.41, 5.74) is 1.74. The van der Waals surface area contributed by atoms with E-state index in [1.165, 1.54) is 31.4 Å². The number of hydrogen-bond acceptors (Lipinski definition) is 6. The van der Waals surface area contributed by atoms with Gasteiger partial charge in [-0.1, -0.05) is 27.7 Å². The zero-order valence-corrected chi connectivity index (χ0v) is 17.2. The van der Waals surface area contributed by atoms with Crippen LogP contribution < -0.4 is 15.4 Å². The van der Waals surface area contributed by atoms with Gasteiger partial charge in [0.05, 0.1) is 11.9 Å². The number of hydrogen-bond donors (Lipinski definition) is 3. The minimum atomic E-state index is -4.27. The molecule has 0 atom stereocenters. The van der Waals surface area contributed by atoms with E-state index in [1.807, 2.05) is 32.4 Å². The average Bonchev–Trinajstić information content (AvgIpc) is 2.61. The van der Waals surface area contributed by atoms with Gasteiger partial charge in [-0.15, -0.1) is 5.10 Å². The smallest absolute Gasteiger partial charge is 0.333 e. The van der Waals surface area contributed by atoms with E-state index in [0.717, 1.165) is 0 Å². The lowest BCUT2D eigenvalue weighted by Gasteiger charge is -2.20. The Labute approximate surface area is 164 Å². The Balaban J connectivity index is 2.38. The van der Waals surface area contributed by atoms with E-state index in [-0.39, 0.29) is 17.5 Å². The van der Waals surface area contributed by atoms with E-state index in [0.29, 0.717) is 16.8 Å². The van der Waals surface area contributed by atoms with Gasteiger partial charge in [0.1, 0.15) is 5.82 Å². The van der Waals surface area contributed by atoms with Crippen molar-refractivity contribution >= 4 is 27.4 Å². The molecule has 1 aromatic heterocycles. The lowest BCUT2D eigenvalue weighted by atomic mass is 9.92. The molecule has 0 bridgehead atoms. The van der Waals surface area contributed by atoms with Crippen LogP contribution in [0.1, 0.15) is 50.7 Å². The van der Waals surface area contributed by atoms with Crippen molar-refractivity contribution in [1.82, 2.24) is 14.9 Å². The molecule has 0 aliphatic heterocycles. The number of nitrogens with zero attached hydrogens (tertiary/aromatic N) is 2. The summed E-state index contributed by atoms with van der Waals surface area (Å²) >= 11 is 0. The monoisotopic (exact) mass is 409 g/mol. The summed E-state index contributed by atoms with van der Waals surface area (Å²) in [6, 6.07) is 3.13. The summed E-state index contributed by atoms with van der Waals surface area (Å²) in [6.45, 7) is 7.43. The molecule has 0 saturated heterocycles. The SMILES string of the molecule is CNc1ccnnc1S(=O)(=O)NC(=O)Nc1c(C(C)C)cc(F)cc1C(C)C. The molecule has 0 radical (unpaired) electrons. The molecule has 3 N–H and O–H groups in total. The Bertz CT molecular complexity index is 948. The number of benzene rings is 1. The second kappa shape index (κ2) is 8.51. The van der Waals surface area contributed by atoms with E-state index in [2.05, 4.69) is 20.8 Å². The number of rotatable bonds is 6. The largest absolute Gasteiger partial charge is 0.386 e. The van der Waals surface area contributed by atoms with Crippen LogP contribution in [0.4, 0.5) is 20.6 Å². The summed E-state index contributed by atoms with van der Waals surface area (Å²) in [6.07, 6.45) is 1.33. The number of amides is 2. The van der Waals surface area contributed by atoms with E-state index >= 15 is 0 Å². The van der Waals surface area contributed by atoms with E-state index < -0.39 is 26.9 Å². The first-order valence-corrected chi connectivity index (χ1v) is 10.2. The number of anilines is 2. The third-order valence-corrected chi connectivity index (χ3v) is 5.35. The van der Waals surface area contributed by atoms with Gasteiger partial charge in [-0.2, -0.15) is 13.5 Å². The molecule has 0 saturated carbocycles. The Morgan fingerprint density at radius 1 is 1.11 bits per heavy atom. The van der Waals surface area contributed by atoms with Crippen LogP contribution in [-0.4, -0.2) is 31.7 Å². The maximum Gasteiger partial charge on any atom is 0.333 e. The lowest BCUT2D eigenvalue weighted by Crippen LogP contribution is -2.36. The maximum absolute atomic E-state index is 14.0. The van der Waals surface area contributed by atoms with Crippen molar-refractivity contribution in [3.63, 3.8) is 0 Å². The van der Waals surface area contributed by atoms with Gasteiger partial charge >= 0.3 is 6.03 Å². The molecule has 28 heavy (non-hydrogen) atoms. The number of sulfonamides is 1. The van der Waals surface area contributed by atoms with Crippen LogP contribution in [0.15, 0.2) is 29.4 Å². The van der Waals surface area contributed by atoms with Crippen molar-refractivity contribution in [3.05, 3.63) is 41.3 Å². The van der Waals surface area contributed by atoms with Crippen LogP contribution >= 0.6 is 0 Å². The number of carbonyl (C=O) groups excluding carboxylic acids is 1. The first kappa shape index (κ1) is 21.5. The Kier molecular flexibility index (Phi) is 6.55. The Morgan fingerprint density at radius 2 is 1.68 bits per heavy atom. The molecular formula is C18H24FN5O3S. The van der Waals surface area contributed by atoms with Crippen LogP contribution in [0.5, 0.6) is 0 Å². The van der Waals surface area contributed by atoms with Crippen molar-refractivity contribution < 1.29 is 17.6 Å². The van der Waals surface area contributed by atoms with E-state index in [9.17, 15) is 17.6 Å². The van der Waals surface area contributed by atoms with Crippen LogP contribution in [0.3, 0.4) is 0 Å². The topological polar surface area (TPSA) is 113 Å². The zero-order chi connectivity index (χ0) is 21.1. The zero-order valence-electron chi connectivity index (χ0n) is 16.4.